The van der Waals surface area contributed by atoms with Crippen molar-refractivity contribution in [2.24, 2.45) is 0 Å². The van der Waals surface area contributed by atoms with Crippen molar-refractivity contribution in [1.82, 2.24) is 5.32 Å². The molecule has 0 heterocycles. The average Bonchev–Trinajstić information content (AvgIpc) is 2.42. The molecular weight excluding hydrogens is 237 g/mol. The van der Waals surface area contributed by atoms with E-state index in [1.807, 2.05) is 43.3 Å². The first kappa shape index (κ1) is 13.8. The fourth-order valence-corrected chi connectivity index (χ4v) is 2.05. The van der Waals surface area contributed by atoms with Crippen LogP contribution in [0.4, 0.5) is 4.39 Å². The molecule has 0 aliphatic carbocycles. The molecule has 2 rings (SSSR count). The zero-order valence-electron chi connectivity index (χ0n) is 11.5. The van der Waals surface area contributed by atoms with E-state index in [1.165, 1.54) is 5.56 Å². The smallest absolute Gasteiger partial charge is 0.131 e. The molecule has 100 valence electrons. The van der Waals surface area contributed by atoms with Crippen molar-refractivity contribution in [2.45, 2.75) is 26.8 Å². The van der Waals surface area contributed by atoms with E-state index in [4.69, 9.17) is 0 Å². The van der Waals surface area contributed by atoms with Crippen molar-refractivity contribution in [1.29, 1.82) is 0 Å². The summed E-state index contributed by atoms with van der Waals surface area (Å²) in [5.74, 6) is -0.164. The summed E-state index contributed by atoms with van der Waals surface area (Å²) >= 11 is 0. The van der Waals surface area contributed by atoms with E-state index in [9.17, 15) is 4.39 Å². The number of halogens is 1. The quantitative estimate of drug-likeness (QED) is 0.787. The first-order chi connectivity index (χ1) is 9.20. The van der Waals surface area contributed by atoms with Crippen LogP contribution in [0.5, 0.6) is 0 Å². The van der Waals surface area contributed by atoms with Gasteiger partial charge in [0.05, 0.1) is 0 Å². The molecule has 2 aromatic rings. The molecule has 1 nitrogen and oxygen atoms in total. The van der Waals surface area contributed by atoms with Gasteiger partial charge in [-0.25, -0.2) is 4.39 Å². The second-order valence-corrected chi connectivity index (χ2v) is 4.86. The molecule has 0 spiro atoms. The summed E-state index contributed by atoms with van der Waals surface area (Å²) < 4.78 is 13.9. The van der Waals surface area contributed by atoms with E-state index in [1.54, 1.807) is 6.07 Å². The van der Waals surface area contributed by atoms with Crippen molar-refractivity contribution in [3.05, 3.63) is 59.4 Å². The second kappa shape index (κ2) is 6.48. The lowest BCUT2D eigenvalue weighted by atomic mass is 10.0. The highest BCUT2D eigenvalue weighted by Gasteiger charge is 2.06. The third kappa shape index (κ3) is 3.65. The molecule has 0 unspecified atom stereocenters. The van der Waals surface area contributed by atoms with Crippen molar-refractivity contribution < 1.29 is 4.39 Å². The highest BCUT2D eigenvalue weighted by Crippen LogP contribution is 2.24. The van der Waals surface area contributed by atoms with Gasteiger partial charge in [0.25, 0.3) is 0 Å². The van der Waals surface area contributed by atoms with Crippen LogP contribution in [-0.4, -0.2) is 6.54 Å². The molecule has 0 saturated carbocycles. The van der Waals surface area contributed by atoms with E-state index in [2.05, 4.69) is 12.2 Å². The average molecular weight is 257 g/mol. The van der Waals surface area contributed by atoms with Crippen molar-refractivity contribution >= 4 is 0 Å². The van der Waals surface area contributed by atoms with Gasteiger partial charge in [-0.1, -0.05) is 42.8 Å². The minimum atomic E-state index is -0.164. The molecule has 0 aromatic heterocycles. The Morgan fingerprint density at radius 3 is 2.47 bits per heavy atom. The lowest BCUT2D eigenvalue weighted by Crippen LogP contribution is -2.13. The third-order valence-electron chi connectivity index (χ3n) is 3.15. The van der Waals surface area contributed by atoms with Crippen LogP contribution in [0, 0.1) is 12.7 Å². The molecule has 2 heteroatoms. The Balaban J connectivity index is 2.24. The zero-order chi connectivity index (χ0) is 13.7. The minimum absolute atomic E-state index is 0.164. The Labute approximate surface area is 114 Å². The van der Waals surface area contributed by atoms with Gasteiger partial charge in [0.1, 0.15) is 5.82 Å². The first-order valence-corrected chi connectivity index (χ1v) is 6.77. The predicted molar refractivity (Wildman–Crippen MR) is 78.6 cm³/mol. The molecule has 0 aliphatic heterocycles. The maximum absolute atomic E-state index is 13.9. The van der Waals surface area contributed by atoms with E-state index >= 15 is 0 Å². The van der Waals surface area contributed by atoms with Gasteiger partial charge in [0.2, 0.25) is 0 Å². The normalized spacial score (nSPS) is 10.7. The summed E-state index contributed by atoms with van der Waals surface area (Å²) in [4.78, 5) is 0. The maximum Gasteiger partial charge on any atom is 0.131 e. The van der Waals surface area contributed by atoms with Crippen LogP contribution in [0.25, 0.3) is 11.1 Å². The van der Waals surface area contributed by atoms with E-state index in [-0.39, 0.29) is 5.82 Å². The summed E-state index contributed by atoms with van der Waals surface area (Å²) in [5.41, 5.74) is 3.91. The summed E-state index contributed by atoms with van der Waals surface area (Å²) in [5, 5.41) is 3.34. The number of benzene rings is 2. The first-order valence-electron chi connectivity index (χ1n) is 6.77. The standard InChI is InChI=1S/C17H20FN/c1-3-10-19-12-14-6-9-17(18)16(11-14)15-7-4-13(2)5-8-15/h4-9,11,19H,3,10,12H2,1-2H3. The van der Waals surface area contributed by atoms with Crippen LogP contribution in [0.3, 0.4) is 0 Å². The molecule has 0 aliphatic rings. The van der Waals surface area contributed by atoms with Crippen LogP contribution in [-0.2, 0) is 6.54 Å². The monoisotopic (exact) mass is 257 g/mol. The summed E-state index contributed by atoms with van der Waals surface area (Å²) in [6, 6.07) is 13.3. The van der Waals surface area contributed by atoms with Crippen LogP contribution < -0.4 is 5.32 Å². The minimum Gasteiger partial charge on any atom is -0.313 e. The Morgan fingerprint density at radius 2 is 1.79 bits per heavy atom. The summed E-state index contributed by atoms with van der Waals surface area (Å²) in [6.07, 6.45) is 1.10. The molecule has 1 N–H and O–H groups in total. The van der Waals surface area contributed by atoms with Crippen molar-refractivity contribution in [2.75, 3.05) is 6.54 Å². The fraction of sp³-hybridized carbons (Fsp3) is 0.294. The molecule has 0 fully saturated rings. The van der Waals surface area contributed by atoms with E-state index < -0.39 is 0 Å². The van der Waals surface area contributed by atoms with Gasteiger partial charge in [-0.2, -0.15) is 0 Å². The Hall–Kier alpha value is -1.67. The highest BCUT2D eigenvalue weighted by molar-refractivity contribution is 5.65. The zero-order valence-corrected chi connectivity index (χ0v) is 11.5. The van der Waals surface area contributed by atoms with Gasteiger partial charge in [0, 0.05) is 12.1 Å². The number of rotatable bonds is 5. The molecule has 0 radical (unpaired) electrons. The molecule has 0 amide bonds. The van der Waals surface area contributed by atoms with Gasteiger partial charge in [0.15, 0.2) is 0 Å². The van der Waals surface area contributed by atoms with Gasteiger partial charge in [-0.05, 0) is 43.1 Å². The Bertz CT molecular complexity index is 531. The van der Waals surface area contributed by atoms with Crippen molar-refractivity contribution in [3.63, 3.8) is 0 Å². The predicted octanol–water partition coefficient (Wildman–Crippen LogP) is 4.30. The molecule has 19 heavy (non-hydrogen) atoms. The van der Waals surface area contributed by atoms with Gasteiger partial charge >= 0.3 is 0 Å². The molecule has 2 aromatic carbocycles. The number of nitrogens with one attached hydrogen (secondary N) is 1. The molecule has 0 saturated heterocycles. The lowest BCUT2D eigenvalue weighted by molar-refractivity contribution is 0.628. The summed E-state index contributed by atoms with van der Waals surface area (Å²) in [6.45, 7) is 5.94. The lowest BCUT2D eigenvalue weighted by Gasteiger charge is -2.08. The van der Waals surface area contributed by atoms with Crippen LogP contribution in [0.1, 0.15) is 24.5 Å². The summed E-state index contributed by atoms with van der Waals surface area (Å²) in [7, 11) is 0. The number of aryl methyl sites for hydroxylation is 1. The number of hydrogen-bond acceptors (Lipinski definition) is 1. The molecule has 0 atom stereocenters. The fourth-order valence-electron chi connectivity index (χ4n) is 2.05. The molecular formula is C17H20FN. The maximum atomic E-state index is 13.9. The SMILES string of the molecule is CCCNCc1ccc(F)c(-c2ccc(C)cc2)c1. The third-order valence-corrected chi connectivity index (χ3v) is 3.15. The van der Waals surface area contributed by atoms with Crippen molar-refractivity contribution in [3.8, 4) is 11.1 Å². The Morgan fingerprint density at radius 1 is 1.05 bits per heavy atom. The Kier molecular flexibility index (Phi) is 4.69. The second-order valence-electron chi connectivity index (χ2n) is 4.86. The van der Waals surface area contributed by atoms with Gasteiger partial charge < -0.3 is 5.32 Å². The van der Waals surface area contributed by atoms with Gasteiger partial charge in [-0.3, -0.25) is 0 Å². The molecule has 0 bridgehead atoms. The number of hydrogen-bond donors (Lipinski definition) is 1. The largest absolute Gasteiger partial charge is 0.313 e. The van der Waals surface area contributed by atoms with Crippen LogP contribution in [0.2, 0.25) is 0 Å². The topological polar surface area (TPSA) is 12.0 Å². The van der Waals surface area contributed by atoms with Crippen LogP contribution >= 0.6 is 0 Å². The highest BCUT2D eigenvalue weighted by atomic mass is 19.1. The van der Waals surface area contributed by atoms with E-state index in [0.29, 0.717) is 5.56 Å². The van der Waals surface area contributed by atoms with E-state index in [0.717, 1.165) is 30.6 Å². The van der Waals surface area contributed by atoms with Crippen LogP contribution in [0.15, 0.2) is 42.5 Å². The van der Waals surface area contributed by atoms with Gasteiger partial charge in [-0.15, -0.1) is 0 Å².